The number of hydrogen-bond acceptors (Lipinski definition) is 4. The van der Waals surface area contributed by atoms with Gasteiger partial charge in [0.25, 0.3) is 5.91 Å². The second-order valence-electron chi connectivity index (χ2n) is 11.5. The van der Waals surface area contributed by atoms with Gasteiger partial charge in [0, 0.05) is 50.7 Å². The second kappa shape index (κ2) is 8.85. The molecule has 0 unspecified atom stereocenters. The number of hydrogen-bond donors (Lipinski definition) is 0. The molecule has 1 aromatic carbocycles. The van der Waals surface area contributed by atoms with Crippen LogP contribution in [0.4, 0.5) is 5.69 Å². The molecule has 1 amide bonds. The minimum Gasteiger partial charge on any atom is -0.456 e. The van der Waals surface area contributed by atoms with Crippen molar-refractivity contribution in [1.29, 1.82) is 0 Å². The monoisotopic (exact) mass is 471 g/mol. The average molecular weight is 472 g/mol. The third kappa shape index (κ3) is 4.61. The number of nitrogens with zero attached hydrogens (tertiary/aromatic N) is 3. The van der Waals surface area contributed by atoms with E-state index in [0.29, 0.717) is 25.3 Å². The smallest absolute Gasteiger partial charge is 0.289 e. The van der Waals surface area contributed by atoms with Crippen LogP contribution in [0, 0.1) is 6.92 Å². The predicted octanol–water partition coefficient (Wildman–Crippen LogP) is 5.89. The molecule has 0 bridgehead atoms. The normalized spacial score (nSPS) is 18.9. The lowest BCUT2D eigenvalue weighted by Crippen LogP contribution is -2.48. The summed E-state index contributed by atoms with van der Waals surface area (Å²) in [6.45, 7) is 14.6. The van der Waals surface area contributed by atoms with Crippen LogP contribution < -0.4 is 4.90 Å². The summed E-state index contributed by atoms with van der Waals surface area (Å²) in [6.07, 6.45) is 6.74. The van der Waals surface area contributed by atoms with E-state index in [1.807, 2.05) is 41.6 Å². The Balaban J connectivity index is 1.29. The molecule has 1 aliphatic heterocycles. The number of aromatic nitrogens is 1. The maximum absolute atomic E-state index is 13.1. The summed E-state index contributed by atoms with van der Waals surface area (Å²) < 4.78 is 6.09. The van der Waals surface area contributed by atoms with Crippen LogP contribution in [0.15, 0.2) is 53.2 Å². The van der Waals surface area contributed by atoms with Crippen LogP contribution in [-0.4, -0.2) is 42.0 Å². The van der Waals surface area contributed by atoms with Gasteiger partial charge in [-0.05, 0) is 77.1 Å². The summed E-state index contributed by atoms with van der Waals surface area (Å²) in [5.41, 5.74) is 7.07. The molecule has 0 radical (unpaired) electrons. The molecule has 5 heteroatoms. The van der Waals surface area contributed by atoms with Crippen molar-refractivity contribution in [3.63, 3.8) is 0 Å². The molecule has 2 aromatic heterocycles. The Kier molecular flexibility index (Phi) is 5.98. The number of rotatable bonds is 4. The van der Waals surface area contributed by atoms with Gasteiger partial charge in [-0.2, -0.15) is 0 Å². The van der Waals surface area contributed by atoms with Gasteiger partial charge in [0.2, 0.25) is 0 Å². The summed E-state index contributed by atoms with van der Waals surface area (Å²) in [7, 11) is 0. The molecule has 3 heterocycles. The highest BCUT2D eigenvalue weighted by Gasteiger charge is 2.37. The minimum absolute atomic E-state index is 0.0179. The maximum Gasteiger partial charge on any atom is 0.289 e. The van der Waals surface area contributed by atoms with E-state index in [9.17, 15) is 4.79 Å². The van der Waals surface area contributed by atoms with Crippen LogP contribution in [0.3, 0.4) is 0 Å². The zero-order valence-corrected chi connectivity index (χ0v) is 21.7. The molecule has 1 saturated heterocycles. The van der Waals surface area contributed by atoms with Gasteiger partial charge in [-0.25, -0.2) is 0 Å². The van der Waals surface area contributed by atoms with E-state index in [1.165, 1.54) is 35.1 Å². The standard InChI is InChI=1S/C30H37N3O2/c1-21-18-25-26(30(4,5)11-10-29(25,2)3)20-22(21)19-24-6-7-27(35-24)28(34)33-16-14-32(15-17-33)23-8-12-31-13-9-23/h6-9,12-13,18,20H,10-11,14-17,19H2,1-5H3. The Morgan fingerprint density at radius 3 is 2.20 bits per heavy atom. The van der Waals surface area contributed by atoms with Crippen molar-refractivity contribution in [3.05, 3.63) is 82.6 Å². The lowest BCUT2D eigenvalue weighted by Gasteiger charge is -2.42. The first-order valence-electron chi connectivity index (χ1n) is 12.8. The number of anilines is 1. The zero-order chi connectivity index (χ0) is 24.8. The summed E-state index contributed by atoms with van der Waals surface area (Å²) in [5, 5.41) is 0. The lowest BCUT2D eigenvalue weighted by molar-refractivity contribution is 0.0713. The fraction of sp³-hybridized carbons (Fsp3) is 0.467. The third-order valence-corrected chi connectivity index (χ3v) is 8.14. The fourth-order valence-corrected chi connectivity index (χ4v) is 5.61. The highest BCUT2D eigenvalue weighted by Crippen LogP contribution is 2.46. The van der Waals surface area contributed by atoms with Crippen molar-refractivity contribution in [2.24, 2.45) is 0 Å². The number of amides is 1. The number of aryl methyl sites for hydroxylation is 1. The van der Waals surface area contributed by atoms with E-state index in [0.717, 1.165) is 24.5 Å². The van der Waals surface area contributed by atoms with Gasteiger partial charge >= 0.3 is 0 Å². The first-order valence-corrected chi connectivity index (χ1v) is 12.8. The Morgan fingerprint density at radius 1 is 0.914 bits per heavy atom. The molecule has 5 rings (SSSR count). The molecule has 0 N–H and O–H groups in total. The van der Waals surface area contributed by atoms with Crippen LogP contribution in [0.2, 0.25) is 0 Å². The maximum atomic E-state index is 13.1. The largest absolute Gasteiger partial charge is 0.456 e. The zero-order valence-electron chi connectivity index (χ0n) is 21.7. The highest BCUT2D eigenvalue weighted by molar-refractivity contribution is 5.91. The van der Waals surface area contributed by atoms with Gasteiger partial charge in [0.05, 0.1) is 0 Å². The molecule has 2 aliphatic rings. The Bertz CT molecular complexity index is 1220. The molecular formula is C30H37N3O2. The van der Waals surface area contributed by atoms with Crippen molar-refractivity contribution in [2.45, 2.75) is 64.7 Å². The Morgan fingerprint density at radius 2 is 1.54 bits per heavy atom. The Hall–Kier alpha value is -3.08. The SMILES string of the molecule is Cc1cc2c(cc1Cc1ccc(C(=O)N3CCN(c4ccncc4)CC3)o1)C(C)(C)CCC2(C)C. The van der Waals surface area contributed by atoms with Gasteiger partial charge < -0.3 is 14.2 Å². The van der Waals surface area contributed by atoms with E-state index in [1.54, 1.807) is 0 Å². The van der Waals surface area contributed by atoms with Crippen molar-refractivity contribution >= 4 is 11.6 Å². The summed E-state index contributed by atoms with van der Waals surface area (Å²) in [4.78, 5) is 21.4. The fourth-order valence-electron chi connectivity index (χ4n) is 5.61. The summed E-state index contributed by atoms with van der Waals surface area (Å²) in [6, 6.07) is 12.6. The van der Waals surface area contributed by atoms with Gasteiger partial charge in [-0.3, -0.25) is 9.78 Å². The van der Waals surface area contributed by atoms with Crippen molar-refractivity contribution in [2.75, 3.05) is 31.1 Å². The molecule has 3 aromatic rings. The number of pyridine rings is 1. The predicted molar refractivity (Wildman–Crippen MR) is 140 cm³/mol. The highest BCUT2D eigenvalue weighted by atomic mass is 16.4. The molecule has 0 spiro atoms. The molecule has 1 aliphatic carbocycles. The third-order valence-electron chi connectivity index (χ3n) is 8.14. The van der Waals surface area contributed by atoms with Crippen molar-refractivity contribution in [1.82, 2.24) is 9.88 Å². The van der Waals surface area contributed by atoms with Crippen LogP contribution in [0.5, 0.6) is 0 Å². The van der Waals surface area contributed by atoms with E-state index >= 15 is 0 Å². The van der Waals surface area contributed by atoms with Gasteiger partial charge in [-0.1, -0.05) is 39.8 Å². The van der Waals surface area contributed by atoms with E-state index in [2.05, 4.69) is 56.6 Å². The lowest BCUT2D eigenvalue weighted by atomic mass is 9.62. The molecule has 184 valence electrons. The average Bonchev–Trinajstić information content (AvgIpc) is 3.32. The number of furan rings is 1. The second-order valence-corrected chi connectivity index (χ2v) is 11.5. The van der Waals surface area contributed by atoms with E-state index in [4.69, 9.17) is 4.42 Å². The van der Waals surface area contributed by atoms with E-state index in [-0.39, 0.29) is 16.7 Å². The first-order chi connectivity index (χ1) is 16.6. The van der Waals surface area contributed by atoms with E-state index < -0.39 is 0 Å². The van der Waals surface area contributed by atoms with Crippen LogP contribution in [0.1, 0.15) is 79.1 Å². The molecule has 0 saturated carbocycles. The first kappa shape index (κ1) is 23.7. The van der Waals surface area contributed by atoms with Gasteiger partial charge in [-0.15, -0.1) is 0 Å². The quantitative estimate of drug-likeness (QED) is 0.476. The number of carbonyl (C=O) groups is 1. The number of carbonyl (C=O) groups excluding carboxylic acids is 1. The van der Waals surface area contributed by atoms with Crippen molar-refractivity contribution < 1.29 is 9.21 Å². The minimum atomic E-state index is -0.0179. The van der Waals surface area contributed by atoms with Crippen molar-refractivity contribution in [3.8, 4) is 0 Å². The van der Waals surface area contributed by atoms with Gasteiger partial charge in [0.15, 0.2) is 5.76 Å². The number of benzene rings is 1. The topological polar surface area (TPSA) is 49.6 Å². The molecular weight excluding hydrogens is 434 g/mol. The molecule has 0 atom stereocenters. The number of fused-ring (bicyclic) bond motifs is 1. The summed E-state index contributed by atoms with van der Waals surface area (Å²) in [5.74, 6) is 1.27. The van der Waals surface area contributed by atoms with Crippen LogP contribution in [0.25, 0.3) is 0 Å². The summed E-state index contributed by atoms with van der Waals surface area (Å²) >= 11 is 0. The Labute approximate surface area is 209 Å². The van der Waals surface area contributed by atoms with Crippen LogP contribution in [-0.2, 0) is 17.3 Å². The molecule has 35 heavy (non-hydrogen) atoms. The molecule has 5 nitrogen and oxygen atoms in total. The molecule has 1 fully saturated rings. The van der Waals surface area contributed by atoms with Gasteiger partial charge in [0.1, 0.15) is 5.76 Å². The van der Waals surface area contributed by atoms with Crippen LogP contribution >= 0.6 is 0 Å². The number of piperazine rings is 1.